The summed E-state index contributed by atoms with van der Waals surface area (Å²) in [7, 11) is -2.62. The van der Waals surface area contributed by atoms with E-state index in [2.05, 4.69) is 27.0 Å². The normalized spacial score (nSPS) is 13.8. The fourth-order valence-corrected chi connectivity index (χ4v) is 2.34. The maximum Gasteiger partial charge on any atom is 0.231 e. The van der Waals surface area contributed by atoms with Gasteiger partial charge in [0.2, 0.25) is 5.16 Å². The third kappa shape index (κ3) is 2.55. The zero-order valence-electron chi connectivity index (χ0n) is 9.39. The Hall–Kier alpha value is -1.77. The monoisotopic (exact) mass is 279 g/mol. The van der Waals surface area contributed by atoms with Gasteiger partial charge < -0.3 is 0 Å². The van der Waals surface area contributed by atoms with E-state index in [4.69, 9.17) is 18.0 Å². The number of nitrogens with one attached hydrogen (secondary N) is 1. The van der Waals surface area contributed by atoms with Crippen LogP contribution in [0.15, 0.2) is 29.4 Å². The molecular formula is C12H10ClN3OS. The number of rotatable bonds is 3. The second-order valence-corrected chi connectivity index (χ2v) is 6.35. The molecule has 18 heavy (non-hydrogen) atoms. The Morgan fingerprint density at radius 2 is 2.11 bits per heavy atom. The van der Waals surface area contributed by atoms with Gasteiger partial charge in [0.25, 0.3) is 0 Å². The van der Waals surface area contributed by atoms with Crippen molar-refractivity contribution in [1.82, 2.24) is 15.2 Å². The number of aromatic nitrogens is 3. The largest absolute Gasteiger partial charge is 0.259 e. The highest BCUT2D eigenvalue weighted by Gasteiger charge is 2.13. The van der Waals surface area contributed by atoms with E-state index in [1.54, 1.807) is 24.3 Å². The SMILES string of the molecule is C#CCS(=C)(=O)c1n[nH]c(-c2ccc(Cl)cc2)n1. The maximum absolute atomic E-state index is 12.1. The molecule has 0 fully saturated rings. The molecule has 0 spiro atoms. The minimum atomic E-state index is -2.62. The Balaban J connectivity index is 2.37. The Kier molecular flexibility index (Phi) is 3.41. The number of aromatic amines is 1. The van der Waals surface area contributed by atoms with Crippen LogP contribution in [0.3, 0.4) is 0 Å². The van der Waals surface area contributed by atoms with Gasteiger partial charge >= 0.3 is 0 Å². The second kappa shape index (κ2) is 4.84. The van der Waals surface area contributed by atoms with E-state index in [0.717, 1.165) is 5.56 Å². The fourth-order valence-electron chi connectivity index (χ4n) is 1.35. The Labute approximate surface area is 110 Å². The molecule has 0 saturated heterocycles. The molecule has 1 aromatic heterocycles. The first kappa shape index (κ1) is 12.7. The van der Waals surface area contributed by atoms with Crippen molar-refractivity contribution in [2.75, 3.05) is 5.75 Å². The molecule has 0 aliphatic carbocycles. The van der Waals surface area contributed by atoms with Crippen molar-refractivity contribution >= 4 is 27.0 Å². The molecule has 1 heterocycles. The number of terminal acetylenes is 1. The van der Waals surface area contributed by atoms with Crippen LogP contribution in [0.5, 0.6) is 0 Å². The standard InChI is InChI=1S/C12H10ClN3OS/c1-3-8-18(2,17)12-14-11(15-16-12)9-4-6-10(13)7-5-9/h1,4-7H,2,8H2,(H,14,15,16). The average Bonchev–Trinajstić information content (AvgIpc) is 2.80. The molecular weight excluding hydrogens is 270 g/mol. The minimum Gasteiger partial charge on any atom is -0.259 e. The van der Waals surface area contributed by atoms with Gasteiger partial charge in [0.1, 0.15) is 0 Å². The van der Waals surface area contributed by atoms with E-state index < -0.39 is 9.52 Å². The fraction of sp³-hybridized carbons (Fsp3) is 0.0833. The quantitative estimate of drug-likeness (QED) is 0.689. The van der Waals surface area contributed by atoms with Gasteiger partial charge in [-0.15, -0.1) is 11.5 Å². The van der Waals surface area contributed by atoms with Crippen molar-refractivity contribution in [3.05, 3.63) is 29.3 Å². The highest BCUT2D eigenvalue weighted by atomic mass is 35.5. The van der Waals surface area contributed by atoms with E-state index in [0.29, 0.717) is 10.8 Å². The van der Waals surface area contributed by atoms with Crippen molar-refractivity contribution in [3.63, 3.8) is 0 Å². The molecule has 4 nitrogen and oxygen atoms in total. The van der Waals surface area contributed by atoms with Gasteiger partial charge in [0.05, 0.1) is 5.75 Å². The van der Waals surface area contributed by atoms with Gasteiger partial charge in [0.15, 0.2) is 5.82 Å². The molecule has 0 bridgehead atoms. The smallest absolute Gasteiger partial charge is 0.231 e. The van der Waals surface area contributed by atoms with Crippen molar-refractivity contribution in [2.24, 2.45) is 0 Å². The van der Waals surface area contributed by atoms with Crippen LogP contribution in [0.25, 0.3) is 11.4 Å². The summed E-state index contributed by atoms with van der Waals surface area (Å²) >= 11 is 5.79. The van der Waals surface area contributed by atoms with E-state index in [1.165, 1.54) is 0 Å². The lowest BCUT2D eigenvalue weighted by Gasteiger charge is -1.98. The molecule has 1 unspecified atom stereocenters. The summed E-state index contributed by atoms with van der Waals surface area (Å²) in [4.78, 5) is 4.16. The third-order valence-corrected chi connectivity index (χ3v) is 3.96. The highest BCUT2D eigenvalue weighted by Crippen LogP contribution is 2.18. The lowest BCUT2D eigenvalue weighted by molar-refractivity contribution is 0.676. The topological polar surface area (TPSA) is 58.6 Å². The Morgan fingerprint density at radius 1 is 1.44 bits per heavy atom. The predicted octanol–water partition coefficient (Wildman–Crippen LogP) is 1.83. The number of nitrogens with zero attached hydrogens (tertiary/aromatic N) is 2. The van der Waals surface area contributed by atoms with Crippen LogP contribution >= 0.6 is 11.6 Å². The molecule has 2 aromatic rings. The molecule has 0 saturated carbocycles. The third-order valence-electron chi connectivity index (χ3n) is 2.23. The first-order valence-corrected chi connectivity index (χ1v) is 7.27. The Bertz CT molecular complexity index is 696. The van der Waals surface area contributed by atoms with Gasteiger partial charge in [-0.25, -0.2) is 0 Å². The van der Waals surface area contributed by atoms with Crippen LogP contribution in [0, 0.1) is 12.3 Å². The molecule has 2 rings (SSSR count). The molecule has 0 radical (unpaired) electrons. The molecule has 0 aliphatic heterocycles. The summed E-state index contributed by atoms with van der Waals surface area (Å²) in [6.45, 7) is 0. The summed E-state index contributed by atoms with van der Waals surface area (Å²) in [6, 6.07) is 7.06. The van der Waals surface area contributed by atoms with Crippen LogP contribution in [0.4, 0.5) is 0 Å². The highest BCUT2D eigenvalue weighted by molar-refractivity contribution is 8.00. The zero-order chi connectivity index (χ0) is 13.2. The molecule has 6 heteroatoms. The van der Waals surface area contributed by atoms with Gasteiger partial charge in [0, 0.05) is 20.1 Å². The number of halogens is 1. The van der Waals surface area contributed by atoms with Crippen LogP contribution in [0.1, 0.15) is 0 Å². The number of H-pyrrole nitrogens is 1. The first-order valence-electron chi connectivity index (χ1n) is 5.00. The summed E-state index contributed by atoms with van der Waals surface area (Å²) < 4.78 is 12.1. The summed E-state index contributed by atoms with van der Waals surface area (Å²) in [5.41, 5.74) is 0.800. The molecule has 1 aromatic carbocycles. The van der Waals surface area contributed by atoms with Gasteiger partial charge in [-0.3, -0.25) is 9.31 Å². The van der Waals surface area contributed by atoms with E-state index in [-0.39, 0.29) is 10.9 Å². The summed E-state index contributed by atoms with van der Waals surface area (Å²) in [5, 5.41) is 7.39. The van der Waals surface area contributed by atoms with Crippen LogP contribution < -0.4 is 0 Å². The Morgan fingerprint density at radius 3 is 2.72 bits per heavy atom. The van der Waals surface area contributed by atoms with Gasteiger partial charge in [-0.1, -0.05) is 17.5 Å². The van der Waals surface area contributed by atoms with E-state index in [9.17, 15) is 4.21 Å². The second-order valence-electron chi connectivity index (χ2n) is 3.63. The van der Waals surface area contributed by atoms with E-state index in [1.807, 2.05) is 0 Å². The van der Waals surface area contributed by atoms with Crippen molar-refractivity contribution in [2.45, 2.75) is 5.16 Å². The summed E-state index contributed by atoms with van der Waals surface area (Å²) in [6.07, 6.45) is 5.14. The van der Waals surface area contributed by atoms with Crippen molar-refractivity contribution < 1.29 is 4.21 Å². The lowest BCUT2D eigenvalue weighted by atomic mass is 10.2. The first-order chi connectivity index (χ1) is 8.53. The van der Waals surface area contributed by atoms with E-state index >= 15 is 0 Å². The molecule has 1 N–H and O–H groups in total. The molecule has 0 aliphatic rings. The number of hydrogen-bond acceptors (Lipinski definition) is 3. The number of hydrogen-bond donors (Lipinski definition) is 1. The molecule has 1 atom stereocenters. The van der Waals surface area contributed by atoms with Crippen LogP contribution in [0.2, 0.25) is 5.02 Å². The van der Waals surface area contributed by atoms with Crippen molar-refractivity contribution in [3.8, 4) is 23.7 Å². The number of benzene rings is 1. The minimum absolute atomic E-state index is 0.0188. The maximum atomic E-state index is 12.1. The summed E-state index contributed by atoms with van der Waals surface area (Å²) in [5.74, 6) is 6.41. The van der Waals surface area contributed by atoms with Crippen LogP contribution in [-0.2, 0) is 9.52 Å². The van der Waals surface area contributed by atoms with Gasteiger partial charge in [-0.05, 0) is 30.1 Å². The average molecular weight is 280 g/mol. The molecule has 92 valence electrons. The van der Waals surface area contributed by atoms with Gasteiger partial charge in [-0.2, -0.15) is 4.98 Å². The molecule has 0 amide bonds. The van der Waals surface area contributed by atoms with Crippen LogP contribution in [-0.4, -0.2) is 31.0 Å². The zero-order valence-corrected chi connectivity index (χ0v) is 11.0. The van der Waals surface area contributed by atoms with Crippen molar-refractivity contribution in [1.29, 1.82) is 0 Å². The predicted molar refractivity (Wildman–Crippen MR) is 74.1 cm³/mol. The lowest BCUT2D eigenvalue weighted by Crippen LogP contribution is -2.06.